The lowest BCUT2D eigenvalue weighted by molar-refractivity contribution is 0.0889. The summed E-state index contributed by atoms with van der Waals surface area (Å²) < 4.78 is 10.8. The van der Waals surface area contributed by atoms with Crippen LogP contribution in [-0.4, -0.2) is 24.7 Å². The van der Waals surface area contributed by atoms with Crippen LogP contribution in [0.2, 0.25) is 0 Å². The van der Waals surface area contributed by atoms with E-state index >= 15 is 0 Å². The van der Waals surface area contributed by atoms with E-state index < -0.39 is 6.04 Å². The number of furan rings is 1. The third-order valence-corrected chi connectivity index (χ3v) is 3.89. The number of amides is 1. The molecule has 5 nitrogen and oxygen atoms in total. The SMILES string of the molecule is COc1ccc(-c2ccc(C(=O)N[C@@H](CO)c3ccccc3)o2)cc1. The van der Waals surface area contributed by atoms with E-state index in [1.54, 1.807) is 19.2 Å². The maximum absolute atomic E-state index is 12.4. The molecule has 1 heterocycles. The molecule has 1 atom stereocenters. The Bertz CT molecular complexity index is 824. The number of aliphatic hydroxyl groups excluding tert-OH is 1. The maximum Gasteiger partial charge on any atom is 0.287 e. The number of methoxy groups -OCH3 is 1. The number of rotatable bonds is 6. The van der Waals surface area contributed by atoms with Gasteiger partial charge >= 0.3 is 0 Å². The first-order valence-electron chi connectivity index (χ1n) is 7.92. The molecule has 128 valence electrons. The molecule has 2 N–H and O–H groups in total. The molecule has 0 bridgehead atoms. The Hall–Kier alpha value is -3.05. The summed E-state index contributed by atoms with van der Waals surface area (Å²) in [5.41, 5.74) is 1.68. The minimum Gasteiger partial charge on any atom is -0.497 e. The van der Waals surface area contributed by atoms with Crippen LogP contribution in [0.1, 0.15) is 22.2 Å². The number of carbonyl (C=O) groups is 1. The molecule has 0 fully saturated rings. The molecule has 0 aliphatic rings. The molecule has 3 aromatic rings. The Kier molecular flexibility index (Phi) is 5.16. The molecule has 1 amide bonds. The maximum atomic E-state index is 12.4. The largest absolute Gasteiger partial charge is 0.497 e. The molecule has 0 aliphatic carbocycles. The third kappa shape index (κ3) is 3.89. The zero-order chi connectivity index (χ0) is 17.6. The van der Waals surface area contributed by atoms with Gasteiger partial charge in [0, 0.05) is 5.56 Å². The van der Waals surface area contributed by atoms with Crippen molar-refractivity contribution in [3.05, 3.63) is 78.1 Å². The standard InChI is InChI=1S/C20H19NO4/c1-24-16-9-7-15(8-10-16)18-11-12-19(25-18)20(23)21-17(13-22)14-5-3-2-4-6-14/h2-12,17,22H,13H2,1H3,(H,21,23)/t17-/m0/s1. The second-order valence-electron chi connectivity index (χ2n) is 5.51. The highest BCUT2D eigenvalue weighted by atomic mass is 16.5. The minimum absolute atomic E-state index is 0.193. The van der Waals surface area contributed by atoms with Crippen LogP contribution in [0.3, 0.4) is 0 Å². The van der Waals surface area contributed by atoms with Gasteiger partial charge in [-0.25, -0.2) is 0 Å². The van der Waals surface area contributed by atoms with Gasteiger partial charge in [0.05, 0.1) is 19.8 Å². The molecule has 0 aliphatic heterocycles. The van der Waals surface area contributed by atoms with E-state index in [9.17, 15) is 9.90 Å². The Morgan fingerprint density at radius 2 is 1.80 bits per heavy atom. The molecule has 2 aromatic carbocycles. The van der Waals surface area contributed by atoms with Gasteiger partial charge in [0.1, 0.15) is 11.5 Å². The zero-order valence-electron chi connectivity index (χ0n) is 13.8. The predicted molar refractivity (Wildman–Crippen MR) is 94.4 cm³/mol. The number of hydrogen-bond acceptors (Lipinski definition) is 4. The van der Waals surface area contributed by atoms with Crippen molar-refractivity contribution in [3.63, 3.8) is 0 Å². The molecule has 1 aromatic heterocycles. The first kappa shape index (κ1) is 16.8. The summed E-state index contributed by atoms with van der Waals surface area (Å²) in [4.78, 5) is 12.4. The number of ether oxygens (including phenoxy) is 1. The quantitative estimate of drug-likeness (QED) is 0.723. The Labute approximate surface area is 145 Å². The lowest BCUT2D eigenvalue weighted by Crippen LogP contribution is -2.30. The van der Waals surface area contributed by atoms with Gasteiger partial charge in [0.2, 0.25) is 0 Å². The van der Waals surface area contributed by atoms with Crippen LogP contribution < -0.4 is 10.1 Å². The topological polar surface area (TPSA) is 71.7 Å². The van der Waals surface area contributed by atoms with E-state index in [0.717, 1.165) is 16.9 Å². The summed E-state index contributed by atoms with van der Waals surface area (Å²) in [6, 6.07) is 19.6. The van der Waals surface area contributed by atoms with E-state index in [0.29, 0.717) is 5.76 Å². The van der Waals surface area contributed by atoms with E-state index in [1.165, 1.54) is 0 Å². The number of carbonyl (C=O) groups excluding carboxylic acids is 1. The molecule has 0 radical (unpaired) electrons. The van der Waals surface area contributed by atoms with E-state index in [4.69, 9.17) is 9.15 Å². The second kappa shape index (κ2) is 7.68. The highest BCUT2D eigenvalue weighted by Gasteiger charge is 2.18. The molecule has 0 saturated heterocycles. The average Bonchev–Trinajstić information content (AvgIpc) is 3.17. The highest BCUT2D eigenvalue weighted by Crippen LogP contribution is 2.25. The van der Waals surface area contributed by atoms with Crippen molar-refractivity contribution in [3.8, 4) is 17.1 Å². The fourth-order valence-electron chi connectivity index (χ4n) is 2.52. The van der Waals surface area contributed by atoms with E-state index in [2.05, 4.69) is 5.32 Å². The van der Waals surface area contributed by atoms with Crippen molar-refractivity contribution in [2.75, 3.05) is 13.7 Å². The lowest BCUT2D eigenvalue weighted by atomic mass is 10.1. The average molecular weight is 337 g/mol. The second-order valence-corrected chi connectivity index (χ2v) is 5.51. The number of aliphatic hydroxyl groups is 1. The van der Waals surface area contributed by atoms with Crippen molar-refractivity contribution in [1.82, 2.24) is 5.32 Å². The lowest BCUT2D eigenvalue weighted by Gasteiger charge is -2.15. The molecule has 25 heavy (non-hydrogen) atoms. The number of benzene rings is 2. The van der Waals surface area contributed by atoms with E-state index in [-0.39, 0.29) is 18.3 Å². The molecular weight excluding hydrogens is 318 g/mol. The smallest absolute Gasteiger partial charge is 0.287 e. The van der Waals surface area contributed by atoms with Crippen LogP contribution in [0.5, 0.6) is 5.75 Å². The van der Waals surface area contributed by atoms with Gasteiger partial charge in [0.15, 0.2) is 5.76 Å². The Morgan fingerprint density at radius 3 is 2.44 bits per heavy atom. The summed E-state index contributed by atoms with van der Waals surface area (Å²) in [5, 5.41) is 12.3. The fourth-order valence-corrected chi connectivity index (χ4v) is 2.52. The number of hydrogen-bond donors (Lipinski definition) is 2. The number of nitrogens with one attached hydrogen (secondary N) is 1. The van der Waals surface area contributed by atoms with Gasteiger partial charge in [-0.1, -0.05) is 30.3 Å². The highest BCUT2D eigenvalue weighted by molar-refractivity contribution is 5.92. The summed E-state index contributed by atoms with van der Waals surface area (Å²) in [7, 11) is 1.61. The first-order valence-corrected chi connectivity index (χ1v) is 7.92. The van der Waals surface area contributed by atoms with Gasteiger partial charge in [-0.15, -0.1) is 0 Å². The van der Waals surface area contributed by atoms with Gasteiger partial charge < -0.3 is 19.6 Å². The molecule has 3 rings (SSSR count). The Morgan fingerprint density at radius 1 is 1.08 bits per heavy atom. The van der Waals surface area contributed by atoms with Crippen molar-refractivity contribution in [2.24, 2.45) is 0 Å². The molecule has 5 heteroatoms. The minimum atomic E-state index is -0.483. The summed E-state index contributed by atoms with van der Waals surface area (Å²) in [6.07, 6.45) is 0. The van der Waals surface area contributed by atoms with Gasteiger partial charge in [-0.3, -0.25) is 4.79 Å². The van der Waals surface area contributed by atoms with Crippen molar-refractivity contribution in [1.29, 1.82) is 0 Å². The molecule has 0 unspecified atom stereocenters. The summed E-state index contributed by atoms with van der Waals surface area (Å²) >= 11 is 0. The van der Waals surface area contributed by atoms with Crippen LogP contribution in [0, 0.1) is 0 Å². The zero-order valence-corrected chi connectivity index (χ0v) is 13.8. The summed E-state index contributed by atoms with van der Waals surface area (Å²) in [6.45, 7) is -0.193. The monoisotopic (exact) mass is 337 g/mol. The van der Waals surface area contributed by atoms with Crippen molar-refractivity contribution < 1.29 is 19.1 Å². The fraction of sp³-hybridized carbons (Fsp3) is 0.150. The predicted octanol–water partition coefficient (Wildman–Crippen LogP) is 3.42. The van der Waals surface area contributed by atoms with Gasteiger partial charge in [0.25, 0.3) is 5.91 Å². The Balaban J connectivity index is 1.73. The summed E-state index contributed by atoms with van der Waals surface area (Å²) in [5.74, 6) is 1.16. The molecule has 0 spiro atoms. The molecular formula is C20H19NO4. The molecule has 0 saturated carbocycles. The van der Waals surface area contributed by atoms with Crippen molar-refractivity contribution >= 4 is 5.91 Å². The third-order valence-electron chi connectivity index (χ3n) is 3.89. The van der Waals surface area contributed by atoms with Crippen molar-refractivity contribution in [2.45, 2.75) is 6.04 Å². The van der Waals surface area contributed by atoms with Gasteiger partial charge in [-0.05, 0) is 42.0 Å². The normalized spacial score (nSPS) is 11.8. The van der Waals surface area contributed by atoms with Gasteiger partial charge in [-0.2, -0.15) is 0 Å². The van der Waals surface area contributed by atoms with Crippen LogP contribution in [0.25, 0.3) is 11.3 Å². The van der Waals surface area contributed by atoms with Crippen LogP contribution in [0.4, 0.5) is 0 Å². The van der Waals surface area contributed by atoms with Crippen LogP contribution in [0.15, 0.2) is 71.1 Å². The van der Waals surface area contributed by atoms with E-state index in [1.807, 2.05) is 54.6 Å². The van der Waals surface area contributed by atoms with Crippen LogP contribution in [-0.2, 0) is 0 Å². The first-order chi connectivity index (χ1) is 12.2. The van der Waals surface area contributed by atoms with Crippen LogP contribution >= 0.6 is 0 Å².